The molecule has 3 heteroatoms. The summed E-state index contributed by atoms with van der Waals surface area (Å²) in [7, 11) is 3.88. The Morgan fingerprint density at radius 2 is 1.57 bits per heavy atom. The zero-order chi connectivity index (χ0) is 17.1. The second-order valence-corrected chi connectivity index (χ2v) is 5.88. The van der Waals surface area contributed by atoms with Crippen LogP contribution in [0.1, 0.15) is 42.1 Å². The van der Waals surface area contributed by atoms with Gasteiger partial charge in [0, 0.05) is 36.8 Å². The fourth-order valence-electron chi connectivity index (χ4n) is 2.15. The molecular formula is C20H26ClNO. The van der Waals surface area contributed by atoms with Crippen molar-refractivity contribution >= 4 is 23.1 Å². The number of para-hydroxylation sites is 1. The lowest BCUT2D eigenvalue weighted by Gasteiger charge is -2.16. The number of unbranched alkanes of at least 4 members (excludes halogenated alkanes) is 2. The van der Waals surface area contributed by atoms with Gasteiger partial charge in [0.15, 0.2) is 5.78 Å². The summed E-state index contributed by atoms with van der Waals surface area (Å²) in [4.78, 5) is 14.3. The molecule has 23 heavy (non-hydrogen) atoms. The number of nitrogens with zero attached hydrogens (tertiary/aromatic N) is 1. The Bertz CT molecular complexity index is 577. The average molecular weight is 332 g/mol. The SMILES string of the molecule is CCCCCCl.CN(C)c1ccccc1C(=O)c1ccccc1. The first-order valence-corrected chi connectivity index (χ1v) is 8.57. The number of anilines is 1. The minimum absolute atomic E-state index is 0.0647. The van der Waals surface area contributed by atoms with Crippen LogP contribution in [0.15, 0.2) is 54.6 Å². The van der Waals surface area contributed by atoms with Gasteiger partial charge in [-0.05, 0) is 18.6 Å². The molecule has 0 spiro atoms. The maximum Gasteiger partial charge on any atom is 0.195 e. The minimum atomic E-state index is 0.0647. The summed E-state index contributed by atoms with van der Waals surface area (Å²) in [5.41, 5.74) is 2.41. The topological polar surface area (TPSA) is 20.3 Å². The van der Waals surface area contributed by atoms with Crippen LogP contribution >= 0.6 is 11.6 Å². The van der Waals surface area contributed by atoms with E-state index in [1.807, 2.05) is 73.6 Å². The van der Waals surface area contributed by atoms with Crippen molar-refractivity contribution in [2.45, 2.75) is 26.2 Å². The van der Waals surface area contributed by atoms with Gasteiger partial charge in [0.2, 0.25) is 0 Å². The number of hydrogen-bond donors (Lipinski definition) is 0. The zero-order valence-electron chi connectivity index (χ0n) is 14.3. The molecule has 0 aliphatic rings. The van der Waals surface area contributed by atoms with Crippen LogP contribution in [0.5, 0.6) is 0 Å². The van der Waals surface area contributed by atoms with Gasteiger partial charge in [0.1, 0.15) is 0 Å². The van der Waals surface area contributed by atoms with Gasteiger partial charge in [-0.1, -0.05) is 62.2 Å². The first kappa shape index (κ1) is 19.2. The lowest BCUT2D eigenvalue weighted by Crippen LogP contribution is -2.14. The number of alkyl halides is 1. The van der Waals surface area contributed by atoms with Gasteiger partial charge in [0.25, 0.3) is 0 Å². The molecule has 0 atom stereocenters. The van der Waals surface area contributed by atoms with E-state index in [0.717, 1.165) is 22.7 Å². The second-order valence-electron chi connectivity index (χ2n) is 5.50. The van der Waals surface area contributed by atoms with Crippen molar-refractivity contribution < 1.29 is 4.79 Å². The standard InChI is InChI=1S/C15H15NO.C5H11Cl/c1-16(2)14-11-7-6-10-13(14)15(17)12-8-4-3-5-9-12;1-2-3-4-5-6/h3-11H,1-2H3;2-5H2,1H3. The molecule has 0 amide bonds. The summed E-state index contributed by atoms with van der Waals surface area (Å²) in [6.07, 6.45) is 3.73. The van der Waals surface area contributed by atoms with E-state index in [9.17, 15) is 4.79 Å². The Labute approximate surface area is 145 Å². The summed E-state index contributed by atoms with van der Waals surface area (Å²) in [5, 5.41) is 0. The molecular weight excluding hydrogens is 306 g/mol. The van der Waals surface area contributed by atoms with Crippen molar-refractivity contribution in [3.05, 3.63) is 65.7 Å². The van der Waals surface area contributed by atoms with Gasteiger partial charge in [-0.15, -0.1) is 11.6 Å². The summed E-state index contributed by atoms with van der Waals surface area (Å²) in [5.74, 6) is 0.892. The third kappa shape index (κ3) is 6.45. The van der Waals surface area contributed by atoms with Crippen LogP contribution in [0.2, 0.25) is 0 Å². The van der Waals surface area contributed by atoms with E-state index in [1.54, 1.807) is 0 Å². The van der Waals surface area contributed by atoms with Gasteiger partial charge >= 0.3 is 0 Å². The molecule has 2 aromatic carbocycles. The molecule has 2 aromatic rings. The number of halogens is 1. The number of hydrogen-bond acceptors (Lipinski definition) is 2. The molecule has 2 nitrogen and oxygen atoms in total. The maximum atomic E-state index is 12.3. The average Bonchev–Trinajstić information content (AvgIpc) is 2.60. The van der Waals surface area contributed by atoms with Gasteiger partial charge in [-0.3, -0.25) is 4.79 Å². The smallest absolute Gasteiger partial charge is 0.195 e. The molecule has 0 fully saturated rings. The number of ketones is 1. The number of carbonyl (C=O) groups is 1. The molecule has 0 aliphatic heterocycles. The van der Waals surface area contributed by atoms with E-state index < -0.39 is 0 Å². The fraction of sp³-hybridized carbons (Fsp3) is 0.350. The Hall–Kier alpha value is -1.80. The molecule has 2 rings (SSSR count). The molecule has 0 radical (unpaired) electrons. The minimum Gasteiger partial charge on any atom is -0.377 e. The van der Waals surface area contributed by atoms with E-state index in [-0.39, 0.29) is 5.78 Å². The quantitative estimate of drug-likeness (QED) is 0.401. The summed E-state index contributed by atoms with van der Waals surface area (Å²) >= 11 is 5.38. The van der Waals surface area contributed by atoms with Crippen molar-refractivity contribution in [1.29, 1.82) is 0 Å². The van der Waals surface area contributed by atoms with Crippen LogP contribution < -0.4 is 4.90 Å². The van der Waals surface area contributed by atoms with Gasteiger partial charge in [-0.25, -0.2) is 0 Å². The van der Waals surface area contributed by atoms with E-state index in [0.29, 0.717) is 0 Å². The van der Waals surface area contributed by atoms with Crippen LogP contribution in [-0.4, -0.2) is 25.8 Å². The first-order chi connectivity index (χ1) is 11.1. The van der Waals surface area contributed by atoms with Crippen molar-refractivity contribution in [3.63, 3.8) is 0 Å². The first-order valence-electron chi connectivity index (χ1n) is 8.03. The summed E-state index contributed by atoms with van der Waals surface area (Å²) in [6, 6.07) is 17.0. The van der Waals surface area contributed by atoms with Gasteiger partial charge < -0.3 is 4.90 Å². The van der Waals surface area contributed by atoms with E-state index in [4.69, 9.17) is 11.6 Å². The van der Waals surface area contributed by atoms with E-state index in [1.165, 1.54) is 19.3 Å². The van der Waals surface area contributed by atoms with E-state index in [2.05, 4.69) is 6.92 Å². The number of benzene rings is 2. The van der Waals surface area contributed by atoms with Crippen molar-refractivity contribution in [1.82, 2.24) is 0 Å². The highest BCUT2D eigenvalue weighted by molar-refractivity contribution is 6.17. The number of rotatable bonds is 6. The predicted molar refractivity (Wildman–Crippen MR) is 101 cm³/mol. The fourth-order valence-corrected chi connectivity index (χ4v) is 2.33. The number of carbonyl (C=O) groups excluding carboxylic acids is 1. The normalized spacial score (nSPS) is 9.74. The van der Waals surface area contributed by atoms with Crippen LogP contribution in [0.25, 0.3) is 0 Å². The highest BCUT2D eigenvalue weighted by Crippen LogP contribution is 2.21. The third-order valence-electron chi connectivity index (χ3n) is 3.40. The van der Waals surface area contributed by atoms with Crippen molar-refractivity contribution in [2.24, 2.45) is 0 Å². The third-order valence-corrected chi connectivity index (χ3v) is 3.67. The monoisotopic (exact) mass is 331 g/mol. The van der Waals surface area contributed by atoms with Crippen LogP contribution in [0.3, 0.4) is 0 Å². The Morgan fingerprint density at radius 3 is 2.09 bits per heavy atom. The Morgan fingerprint density at radius 1 is 0.957 bits per heavy atom. The second kappa shape index (κ2) is 10.8. The van der Waals surface area contributed by atoms with Gasteiger partial charge in [0.05, 0.1) is 0 Å². The summed E-state index contributed by atoms with van der Waals surface area (Å²) < 4.78 is 0. The molecule has 0 bridgehead atoms. The lowest BCUT2D eigenvalue weighted by molar-refractivity contribution is 0.103. The molecule has 124 valence electrons. The van der Waals surface area contributed by atoms with Crippen LogP contribution in [0, 0.1) is 0 Å². The highest BCUT2D eigenvalue weighted by atomic mass is 35.5. The van der Waals surface area contributed by atoms with Gasteiger partial charge in [-0.2, -0.15) is 0 Å². The van der Waals surface area contributed by atoms with Crippen LogP contribution in [0.4, 0.5) is 5.69 Å². The van der Waals surface area contributed by atoms with E-state index >= 15 is 0 Å². The molecule has 0 saturated heterocycles. The Kier molecular flexibility index (Phi) is 9.08. The van der Waals surface area contributed by atoms with Crippen molar-refractivity contribution in [3.8, 4) is 0 Å². The maximum absolute atomic E-state index is 12.3. The molecule has 0 N–H and O–H groups in total. The molecule has 0 saturated carbocycles. The zero-order valence-corrected chi connectivity index (χ0v) is 15.0. The molecule has 0 aliphatic carbocycles. The molecule has 0 aromatic heterocycles. The molecule has 0 unspecified atom stereocenters. The molecule has 0 heterocycles. The lowest BCUT2D eigenvalue weighted by atomic mass is 10.0. The largest absolute Gasteiger partial charge is 0.377 e. The van der Waals surface area contributed by atoms with Crippen molar-refractivity contribution in [2.75, 3.05) is 24.9 Å². The predicted octanol–water partition coefficient (Wildman–Crippen LogP) is 5.40. The Balaban J connectivity index is 0.000000379. The summed E-state index contributed by atoms with van der Waals surface area (Å²) in [6.45, 7) is 2.17. The van der Waals surface area contributed by atoms with Crippen LogP contribution in [-0.2, 0) is 0 Å². The highest BCUT2D eigenvalue weighted by Gasteiger charge is 2.13.